The van der Waals surface area contributed by atoms with Crippen molar-refractivity contribution in [3.8, 4) is 0 Å². The van der Waals surface area contributed by atoms with E-state index in [4.69, 9.17) is 9.47 Å². The number of aliphatic hydroxyl groups is 1. The first kappa shape index (κ1) is 41.6. The maximum Gasteiger partial charge on any atom is 0.306 e. The van der Waals surface area contributed by atoms with Gasteiger partial charge in [-0.3, -0.25) is 9.59 Å². The van der Waals surface area contributed by atoms with Crippen molar-refractivity contribution in [2.24, 2.45) is 0 Å². The van der Waals surface area contributed by atoms with Gasteiger partial charge in [-0.05, 0) is 51.4 Å². The van der Waals surface area contributed by atoms with E-state index in [1.165, 1.54) is 77.0 Å². The van der Waals surface area contributed by atoms with E-state index in [0.717, 1.165) is 44.9 Å². The van der Waals surface area contributed by atoms with E-state index in [-0.39, 0.29) is 31.6 Å². The van der Waals surface area contributed by atoms with Crippen LogP contribution >= 0.6 is 0 Å². The first-order valence-corrected chi connectivity index (χ1v) is 17.8. The molecule has 0 radical (unpaired) electrons. The number of ether oxygens (including phenoxy) is 2. The predicted molar refractivity (Wildman–Crippen MR) is 187 cm³/mol. The molecule has 0 fully saturated rings. The van der Waals surface area contributed by atoms with Crippen LogP contribution in [0, 0.1) is 0 Å². The van der Waals surface area contributed by atoms with Crippen LogP contribution in [0.4, 0.5) is 0 Å². The molecule has 0 unspecified atom stereocenters. The summed E-state index contributed by atoms with van der Waals surface area (Å²) in [4.78, 5) is 23.8. The van der Waals surface area contributed by atoms with Crippen molar-refractivity contribution in [1.29, 1.82) is 0 Å². The van der Waals surface area contributed by atoms with Gasteiger partial charge in [-0.15, -0.1) is 0 Å². The van der Waals surface area contributed by atoms with Gasteiger partial charge in [0, 0.05) is 12.8 Å². The van der Waals surface area contributed by atoms with E-state index in [1.54, 1.807) is 0 Å². The Morgan fingerprint density at radius 3 is 1.32 bits per heavy atom. The number of rotatable bonds is 31. The Hall–Kier alpha value is -2.40. The molecule has 0 aromatic rings. The standard InChI is InChI=1S/C39H66O5/c1-3-5-7-9-11-13-15-16-17-18-19-20-21-22-24-26-28-30-32-34-39(42)44-36-37(40)35-43-38(41)33-31-29-27-25-23-14-12-10-8-6-4-2/h11,13,16-17,19-20,22,24,28,30,37,40H,3-10,12,14-15,18,21,23,25-27,29,31-36H2,1-2H3/b13-11-,17-16-,20-19-,24-22-,30-28-/t37-/m1/s1. The monoisotopic (exact) mass is 614 g/mol. The number of carbonyl (C=O) groups is 2. The molecule has 1 N–H and O–H groups in total. The van der Waals surface area contributed by atoms with Crippen LogP contribution in [0.3, 0.4) is 0 Å². The van der Waals surface area contributed by atoms with Gasteiger partial charge in [-0.2, -0.15) is 0 Å². The van der Waals surface area contributed by atoms with Crippen molar-refractivity contribution in [1.82, 2.24) is 0 Å². The predicted octanol–water partition coefficient (Wildman–Crippen LogP) is 10.8. The molecule has 0 spiro atoms. The third kappa shape index (κ3) is 34.1. The second-order valence-electron chi connectivity index (χ2n) is 11.6. The Morgan fingerprint density at radius 1 is 0.477 bits per heavy atom. The second kappa shape index (κ2) is 35.1. The topological polar surface area (TPSA) is 72.8 Å². The summed E-state index contributed by atoms with van der Waals surface area (Å²) in [5, 5.41) is 9.95. The fraction of sp³-hybridized carbons (Fsp3) is 0.692. The molecule has 0 aliphatic heterocycles. The summed E-state index contributed by atoms with van der Waals surface area (Å²) in [6.07, 6.45) is 44.2. The van der Waals surface area contributed by atoms with Gasteiger partial charge < -0.3 is 14.6 Å². The molecule has 0 aromatic carbocycles. The molecule has 1 atom stereocenters. The molecule has 252 valence electrons. The highest BCUT2D eigenvalue weighted by Gasteiger charge is 2.11. The Balaban J connectivity index is 3.61. The minimum atomic E-state index is -0.992. The van der Waals surface area contributed by atoms with Gasteiger partial charge in [-0.25, -0.2) is 0 Å². The smallest absolute Gasteiger partial charge is 0.306 e. The van der Waals surface area contributed by atoms with Gasteiger partial charge in [-0.1, -0.05) is 152 Å². The zero-order valence-corrected chi connectivity index (χ0v) is 28.4. The van der Waals surface area contributed by atoms with E-state index >= 15 is 0 Å². The van der Waals surface area contributed by atoms with Crippen LogP contribution in [-0.2, 0) is 19.1 Å². The quantitative estimate of drug-likeness (QED) is 0.0478. The van der Waals surface area contributed by atoms with Crippen LogP contribution in [0.25, 0.3) is 0 Å². The highest BCUT2D eigenvalue weighted by molar-refractivity contribution is 5.70. The number of carbonyl (C=O) groups excluding carboxylic acids is 2. The van der Waals surface area contributed by atoms with Crippen LogP contribution in [0.15, 0.2) is 60.8 Å². The number of allylic oxidation sites excluding steroid dienone is 10. The van der Waals surface area contributed by atoms with Crippen LogP contribution in [0.2, 0.25) is 0 Å². The van der Waals surface area contributed by atoms with Crippen LogP contribution in [-0.4, -0.2) is 36.4 Å². The van der Waals surface area contributed by atoms with E-state index in [1.807, 2.05) is 12.2 Å². The summed E-state index contributed by atoms with van der Waals surface area (Å²) >= 11 is 0. The van der Waals surface area contributed by atoms with Crippen molar-refractivity contribution >= 4 is 11.9 Å². The van der Waals surface area contributed by atoms with Crippen LogP contribution < -0.4 is 0 Å². The molecule has 0 heterocycles. The normalized spacial score (nSPS) is 12.9. The van der Waals surface area contributed by atoms with Crippen molar-refractivity contribution in [2.45, 2.75) is 161 Å². The lowest BCUT2D eigenvalue weighted by Gasteiger charge is -2.12. The highest BCUT2D eigenvalue weighted by atomic mass is 16.6. The minimum Gasteiger partial charge on any atom is -0.463 e. The van der Waals surface area contributed by atoms with Gasteiger partial charge in [0.25, 0.3) is 0 Å². The largest absolute Gasteiger partial charge is 0.463 e. The Bertz CT molecular complexity index is 792. The molecule has 5 nitrogen and oxygen atoms in total. The summed E-state index contributed by atoms with van der Waals surface area (Å²) in [5.41, 5.74) is 0. The molecule has 0 aromatic heterocycles. The van der Waals surface area contributed by atoms with E-state index in [0.29, 0.717) is 12.8 Å². The van der Waals surface area contributed by atoms with Gasteiger partial charge in [0.15, 0.2) is 0 Å². The molecule has 5 heteroatoms. The maximum atomic E-state index is 11.9. The zero-order valence-electron chi connectivity index (χ0n) is 28.4. The fourth-order valence-electron chi connectivity index (χ4n) is 4.54. The zero-order chi connectivity index (χ0) is 32.2. The SMILES string of the molecule is CCCCC/C=C\C/C=C\C/C=C\C/C=C\C/C=C\CCC(=O)OC[C@H](O)COC(=O)CCCCCCCCCCCCC. The summed E-state index contributed by atoms with van der Waals surface area (Å²) in [5.74, 6) is -0.663. The third-order valence-electron chi connectivity index (χ3n) is 7.27. The number of hydrogen-bond donors (Lipinski definition) is 1. The molecule has 0 saturated heterocycles. The van der Waals surface area contributed by atoms with Crippen LogP contribution in [0.1, 0.15) is 155 Å². The van der Waals surface area contributed by atoms with Gasteiger partial charge in [0.1, 0.15) is 19.3 Å². The van der Waals surface area contributed by atoms with Crippen molar-refractivity contribution in [3.63, 3.8) is 0 Å². The van der Waals surface area contributed by atoms with E-state index in [2.05, 4.69) is 62.5 Å². The van der Waals surface area contributed by atoms with Crippen LogP contribution in [0.5, 0.6) is 0 Å². The summed E-state index contributed by atoms with van der Waals surface area (Å²) in [6, 6.07) is 0. The lowest BCUT2D eigenvalue weighted by molar-refractivity contribution is -0.152. The minimum absolute atomic E-state index is 0.140. The van der Waals surface area contributed by atoms with E-state index < -0.39 is 6.10 Å². The second-order valence-corrected chi connectivity index (χ2v) is 11.6. The number of unbranched alkanes of at least 4 members (excludes halogenated alkanes) is 13. The van der Waals surface area contributed by atoms with Gasteiger partial charge >= 0.3 is 11.9 Å². The number of aliphatic hydroxyl groups excluding tert-OH is 1. The molecule has 0 aliphatic carbocycles. The third-order valence-corrected chi connectivity index (χ3v) is 7.27. The van der Waals surface area contributed by atoms with Gasteiger partial charge in [0.2, 0.25) is 0 Å². The van der Waals surface area contributed by atoms with Crippen molar-refractivity contribution in [3.05, 3.63) is 60.8 Å². The first-order chi connectivity index (χ1) is 21.6. The number of hydrogen-bond acceptors (Lipinski definition) is 5. The first-order valence-electron chi connectivity index (χ1n) is 17.8. The molecule has 0 saturated carbocycles. The average molecular weight is 615 g/mol. The molecule has 0 rings (SSSR count). The highest BCUT2D eigenvalue weighted by Crippen LogP contribution is 2.12. The Kier molecular flexibility index (Phi) is 33.2. The fourth-order valence-corrected chi connectivity index (χ4v) is 4.54. The average Bonchev–Trinajstić information content (AvgIpc) is 3.02. The molecule has 0 amide bonds. The van der Waals surface area contributed by atoms with E-state index in [9.17, 15) is 14.7 Å². The van der Waals surface area contributed by atoms with Gasteiger partial charge in [0.05, 0.1) is 0 Å². The lowest BCUT2D eigenvalue weighted by Crippen LogP contribution is -2.25. The number of esters is 2. The summed E-state index contributed by atoms with van der Waals surface area (Å²) < 4.78 is 10.2. The van der Waals surface area contributed by atoms with Crippen molar-refractivity contribution < 1.29 is 24.2 Å². The molecule has 0 aliphatic rings. The summed E-state index contributed by atoms with van der Waals surface area (Å²) in [6.45, 7) is 4.18. The molecular weight excluding hydrogens is 548 g/mol. The summed E-state index contributed by atoms with van der Waals surface area (Å²) in [7, 11) is 0. The molecule has 0 bridgehead atoms. The lowest BCUT2D eigenvalue weighted by atomic mass is 10.1. The Labute approximate surface area is 271 Å². The Morgan fingerprint density at radius 2 is 0.841 bits per heavy atom. The van der Waals surface area contributed by atoms with Crippen molar-refractivity contribution in [2.75, 3.05) is 13.2 Å². The molecular formula is C39H66O5. The maximum absolute atomic E-state index is 11.9. The molecule has 44 heavy (non-hydrogen) atoms.